The summed E-state index contributed by atoms with van der Waals surface area (Å²) in [5.74, 6) is -1.49. The van der Waals surface area contributed by atoms with E-state index in [1.807, 2.05) is 0 Å². The molecule has 0 bridgehead atoms. The molecule has 0 aromatic heterocycles. The van der Waals surface area contributed by atoms with E-state index >= 15 is 0 Å². The van der Waals surface area contributed by atoms with Gasteiger partial charge in [0.25, 0.3) is 0 Å². The minimum Gasteiger partial charge on any atom is -0.281 e. The summed E-state index contributed by atoms with van der Waals surface area (Å²) >= 11 is 19.7. The first-order valence-electron chi connectivity index (χ1n) is 2.41. The third-order valence-corrected chi connectivity index (χ3v) is 1.99. The lowest BCUT2D eigenvalue weighted by Gasteiger charge is -2.22. The molecule has 0 aromatic carbocycles. The molecule has 0 amide bonds. The molecule has 0 spiro atoms. The highest BCUT2D eigenvalue weighted by molar-refractivity contribution is 6.31. The molecule has 2 unspecified atom stereocenters. The van der Waals surface area contributed by atoms with E-state index in [1.165, 1.54) is 0 Å². The maximum absolute atomic E-state index is 12.5. The predicted molar refractivity (Wildman–Crippen MR) is 41.9 cm³/mol. The second-order valence-corrected chi connectivity index (χ2v) is 3.31. The number of hydrogen-bond donors (Lipinski definition) is 0. The van der Waals surface area contributed by atoms with Gasteiger partial charge in [-0.25, -0.2) is 0 Å². The Morgan fingerprint density at radius 1 is 1.00 bits per heavy atom. The van der Waals surface area contributed by atoms with Crippen molar-refractivity contribution in [3.63, 3.8) is 0 Å². The number of rotatable bonds is 4. The third kappa shape index (κ3) is 5.26. The first kappa shape index (κ1) is 12.0. The molecule has 0 N–H and O–H groups in total. The standard InChI is InChI=1S/C4H4Cl4F2O/c5-1-3(7,9)11-4(8,10)2-6/h1-2H2. The van der Waals surface area contributed by atoms with Crippen molar-refractivity contribution in [2.24, 2.45) is 0 Å². The lowest BCUT2D eigenvalue weighted by atomic mass is 10.7. The Hall–Kier alpha value is 0.980. The molecular weight excluding hydrogens is 244 g/mol. The highest BCUT2D eigenvalue weighted by atomic mass is 35.5. The Labute approximate surface area is 82.5 Å². The van der Waals surface area contributed by atoms with Crippen molar-refractivity contribution in [1.82, 2.24) is 0 Å². The summed E-state index contributed by atoms with van der Waals surface area (Å²) in [6, 6.07) is 0. The van der Waals surface area contributed by atoms with Gasteiger partial charge < -0.3 is 0 Å². The van der Waals surface area contributed by atoms with Gasteiger partial charge in [-0.3, -0.25) is 4.74 Å². The predicted octanol–water partition coefficient (Wildman–Crippen LogP) is 3.20. The average Bonchev–Trinajstić information content (AvgIpc) is 1.86. The van der Waals surface area contributed by atoms with Crippen LogP contribution < -0.4 is 0 Å². The zero-order chi connectivity index (χ0) is 9.12. The van der Waals surface area contributed by atoms with Gasteiger partial charge >= 0.3 is 10.6 Å². The van der Waals surface area contributed by atoms with Crippen molar-refractivity contribution in [2.75, 3.05) is 11.8 Å². The molecule has 2 atom stereocenters. The van der Waals surface area contributed by atoms with Crippen LogP contribution in [-0.4, -0.2) is 22.4 Å². The molecule has 0 rings (SSSR count). The number of hydrogen-bond acceptors (Lipinski definition) is 1. The van der Waals surface area contributed by atoms with Gasteiger partial charge in [-0.2, -0.15) is 8.78 Å². The second-order valence-electron chi connectivity index (χ2n) is 1.64. The van der Waals surface area contributed by atoms with Crippen LogP contribution in [0.25, 0.3) is 0 Å². The van der Waals surface area contributed by atoms with Crippen LogP contribution in [0.3, 0.4) is 0 Å². The third-order valence-electron chi connectivity index (χ3n) is 0.610. The van der Waals surface area contributed by atoms with Gasteiger partial charge in [0, 0.05) is 0 Å². The van der Waals surface area contributed by atoms with E-state index in [9.17, 15) is 8.78 Å². The maximum Gasteiger partial charge on any atom is 0.303 e. The number of alkyl halides is 6. The van der Waals surface area contributed by atoms with Gasteiger partial charge in [0.1, 0.15) is 0 Å². The van der Waals surface area contributed by atoms with Gasteiger partial charge in [0.05, 0.1) is 11.8 Å². The topological polar surface area (TPSA) is 9.23 Å². The Morgan fingerprint density at radius 3 is 1.45 bits per heavy atom. The van der Waals surface area contributed by atoms with E-state index in [0.29, 0.717) is 0 Å². The Bertz CT molecular complexity index is 115. The fourth-order valence-electron chi connectivity index (χ4n) is 0.273. The minimum atomic E-state index is -2.83. The SMILES string of the molecule is FC(Cl)(CCl)OC(F)(Cl)CCl. The van der Waals surface area contributed by atoms with Gasteiger partial charge in [-0.05, 0) is 0 Å². The zero-order valence-electron chi connectivity index (χ0n) is 5.09. The fourth-order valence-corrected chi connectivity index (χ4v) is 0.666. The molecule has 7 heteroatoms. The summed E-state index contributed by atoms with van der Waals surface area (Å²) < 4.78 is 28.9. The van der Waals surface area contributed by atoms with Gasteiger partial charge in [-0.1, -0.05) is 23.2 Å². The molecule has 0 fully saturated rings. The van der Waals surface area contributed by atoms with Crippen molar-refractivity contribution < 1.29 is 13.5 Å². The monoisotopic (exact) mass is 246 g/mol. The van der Waals surface area contributed by atoms with Crippen LogP contribution in [0.15, 0.2) is 0 Å². The lowest BCUT2D eigenvalue weighted by Crippen LogP contribution is -2.33. The van der Waals surface area contributed by atoms with Crippen LogP contribution in [0.4, 0.5) is 8.78 Å². The van der Waals surface area contributed by atoms with Crippen molar-refractivity contribution in [2.45, 2.75) is 10.6 Å². The van der Waals surface area contributed by atoms with Crippen LogP contribution in [0.5, 0.6) is 0 Å². The Morgan fingerprint density at radius 2 is 1.27 bits per heavy atom. The van der Waals surface area contributed by atoms with Crippen molar-refractivity contribution in [1.29, 1.82) is 0 Å². The van der Waals surface area contributed by atoms with Gasteiger partial charge in [0.2, 0.25) is 0 Å². The number of halogens is 6. The molecule has 0 saturated carbocycles. The molecule has 0 aliphatic heterocycles. The van der Waals surface area contributed by atoms with Crippen molar-refractivity contribution in [3.8, 4) is 0 Å². The maximum atomic E-state index is 12.5. The highest BCUT2D eigenvalue weighted by Gasteiger charge is 2.39. The normalized spacial score (nSPS) is 22.4. The van der Waals surface area contributed by atoms with E-state index in [1.54, 1.807) is 0 Å². The summed E-state index contributed by atoms with van der Waals surface area (Å²) in [5.41, 5.74) is 0. The van der Waals surface area contributed by atoms with Gasteiger partial charge in [-0.15, -0.1) is 23.2 Å². The number of ether oxygens (including phenoxy) is 1. The lowest BCUT2D eigenvalue weighted by molar-refractivity contribution is -0.170. The first-order chi connectivity index (χ1) is 4.83. The van der Waals surface area contributed by atoms with Crippen LogP contribution in [0.1, 0.15) is 0 Å². The Balaban J connectivity index is 4.02. The molecule has 11 heavy (non-hydrogen) atoms. The average molecular weight is 248 g/mol. The smallest absolute Gasteiger partial charge is 0.281 e. The zero-order valence-corrected chi connectivity index (χ0v) is 8.11. The van der Waals surface area contributed by atoms with Crippen LogP contribution in [0, 0.1) is 0 Å². The Kier molecular flexibility index (Phi) is 4.66. The first-order valence-corrected chi connectivity index (χ1v) is 4.23. The molecule has 68 valence electrons. The van der Waals surface area contributed by atoms with Crippen LogP contribution >= 0.6 is 46.4 Å². The molecule has 0 aliphatic carbocycles. The van der Waals surface area contributed by atoms with Gasteiger partial charge in [0.15, 0.2) is 0 Å². The summed E-state index contributed by atoms with van der Waals surface area (Å²) in [7, 11) is 0. The fraction of sp³-hybridized carbons (Fsp3) is 1.00. The molecule has 0 aliphatic rings. The summed E-state index contributed by atoms with van der Waals surface area (Å²) in [6.45, 7) is 0. The molecule has 0 saturated heterocycles. The highest BCUT2D eigenvalue weighted by Crippen LogP contribution is 2.32. The van der Waals surface area contributed by atoms with E-state index in [-0.39, 0.29) is 0 Å². The van der Waals surface area contributed by atoms with E-state index < -0.39 is 22.4 Å². The second kappa shape index (κ2) is 4.28. The molecular formula is C4H4Cl4F2O. The largest absolute Gasteiger partial charge is 0.303 e. The van der Waals surface area contributed by atoms with Crippen molar-refractivity contribution >= 4 is 46.4 Å². The van der Waals surface area contributed by atoms with E-state index in [4.69, 9.17) is 46.4 Å². The summed E-state index contributed by atoms with van der Waals surface area (Å²) in [4.78, 5) is 0. The summed E-state index contributed by atoms with van der Waals surface area (Å²) in [6.07, 6.45) is 0. The molecule has 0 heterocycles. The van der Waals surface area contributed by atoms with Crippen LogP contribution in [0.2, 0.25) is 0 Å². The minimum absolute atomic E-state index is 0.746. The van der Waals surface area contributed by atoms with Crippen LogP contribution in [-0.2, 0) is 4.74 Å². The van der Waals surface area contributed by atoms with E-state index in [0.717, 1.165) is 0 Å². The molecule has 0 aromatic rings. The molecule has 0 radical (unpaired) electrons. The van der Waals surface area contributed by atoms with Crippen molar-refractivity contribution in [3.05, 3.63) is 0 Å². The quantitative estimate of drug-likeness (QED) is 0.694. The summed E-state index contributed by atoms with van der Waals surface area (Å²) in [5, 5.41) is -5.65. The molecule has 1 nitrogen and oxygen atoms in total. The van der Waals surface area contributed by atoms with E-state index in [2.05, 4.69) is 4.74 Å².